The van der Waals surface area contributed by atoms with Crippen molar-refractivity contribution in [2.45, 2.75) is 19.4 Å². The molecule has 0 bridgehead atoms. The van der Waals surface area contributed by atoms with Gasteiger partial charge in [0.25, 0.3) is 5.91 Å². The van der Waals surface area contributed by atoms with Gasteiger partial charge in [-0.15, -0.1) is 0 Å². The quantitative estimate of drug-likeness (QED) is 0.238. The topological polar surface area (TPSA) is 93.9 Å². The minimum Gasteiger partial charge on any atom is -0.493 e. The Morgan fingerprint density at radius 2 is 1.70 bits per heavy atom. The highest BCUT2D eigenvalue weighted by Gasteiger charge is 2.23. The minimum atomic E-state index is -0.261. The molecule has 1 aliphatic heterocycles. The smallest absolute Gasteiger partial charge is 0.260 e. The molecule has 1 aliphatic rings. The van der Waals surface area contributed by atoms with E-state index in [-0.39, 0.29) is 31.5 Å². The van der Waals surface area contributed by atoms with Crippen LogP contribution in [0.25, 0.3) is 0 Å². The molecule has 0 N–H and O–H groups in total. The Morgan fingerprint density at radius 1 is 0.930 bits per heavy atom. The van der Waals surface area contributed by atoms with Crippen molar-refractivity contribution in [3.8, 4) is 17.2 Å². The second kappa shape index (κ2) is 16.8. The summed E-state index contributed by atoms with van der Waals surface area (Å²) in [6.45, 7) is 4.83. The van der Waals surface area contributed by atoms with E-state index >= 15 is 0 Å². The molecule has 43 heavy (non-hydrogen) atoms. The van der Waals surface area contributed by atoms with Crippen molar-refractivity contribution >= 4 is 23.4 Å². The van der Waals surface area contributed by atoms with E-state index in [0.29, 0.717) is 60.8 Å². The van der Waals surface area contributed by atoms with Crippen LogP contribution < -0.4 is 14.2 Å². The van der Waals surface area contributed by atoms with Crippen LogP contribution in [0.5, 0.6) is 17.2 Å². The molecular formula is C32H40ClN3O7. The highest BCUT2D eigenvalue weighted by molar-refractivity contribution is 6.30. The number of benzene rings is 2. The fraction of sp³-hybridized carbons (Fsp3) is 0.438. The van der Waals surface area contributed by atoms with Gasteiger partial charge in [0.05, 0.1) is 46.8 Å². The predicted octanol–water partition coefficient (Wildman–Crippen LogP) is 4.15. The van der Waals surface area contributed by atoms with E-state index in [1.54, 1.807) is 60.6 Å². The average molecular weight is 614 g/mol. The van der Waals surface area contributed by atoms with Gasteiger partial charge in [-0.25, -0.2) is 0 Å². The lowest BCUT2D eigenvalue weighted by Crippen LogP contribution is -2.46. The average Bonchev–Trinajstić information content (AvgIpc) is 3.55. The number of hydrogen-bond donors (Lipinski definition) is 0. The maximum atomic E-state index is 13.8. The molecule has 2 aromatic carbocycles. The molecule has 0 aliphatic carbocycles. The van der Waals surface area contributed by atoms with Gasteiger partial charge in [0, 0.05) is 37.7 Å². The number of hydrogen-bond acceptors (Lipinski definition) is 8. The van der Waals surface area contributed by atoms with E-state index in [1.165, 1.54) is 0 Å². The van der Waals surface area contributed by atoms with Gasteiger partial charge in [0.15, 0.2) is 18.1 Å². The molecule has 11 heteroatoms. The van der Waals surface area contributed by atoms with E-state index < -0.39 is 0 Å². The zero-order valence-corrected chi connectivity index (χ0v) is 25.6. The maximum absolute atomic E-state index is 13.8. The summed E-state index contributed by atoms with van der Waals surface area (Å²) in [6, 6.07) is 16.2. The predicted molar refractivity (Wildman–Crippen MR) is 163 cm³/mol. The monoisotopic (exact) mass is 613 g/mol. The summed E-state index contributed by atoms with van der Waals surface area (Å²) in [7, 11) is 3.19. The first-order valence-corrected chi connectivity index (χ1v) is 14.8. The van der Waals surface area contributed by atoms with Crippen LogP contribution in [0.3, 0.4) is 0 Å². The van der Waals surface area contributed by atoms with Crippen molar-refractivity contribution in [1.82, 2.24) is 14.7 Å². The first kappa shape index (κ1) is 32.2. The molecule has 4 rings (SSSR count). The van der Waals surface area contributed by atoms with Crippen molar-refractivity contribution in [3.63, 3.8) is 0 Å². The molecule has 0 spiro atoms. The van der Waals surface area contributed by atoms with E-state index in [0.717, 1.165) is 31.6 Å². The van der Waals surface area contributed by atoms with E-state index in [4.69, 9.17) is 35.0 Å². The number of amides is 2. The number of carbonyl (C=O) groups excluding carboxylic acids is 2. The first-order valence-electron chi connectivity index (χ1n) is 14.4. The molecule has 10 nitrogen and oxygen atoms in total. The molecule has 0 unspecified atom stereocenters. The molecule has 232 valence electrons. The molecule has 1 fully saturated rings. The number of carbonyl (C=O) groups is 2. The van der Waals surface area contributed by atoms with E-state index in [1.807, 2.05) is 24.3 Å². The third-order valence-electron chi connectivity index (χ3n) is 7.26. The molecule has 0 atom stereocenters. The van der Waals surface area contributed by atoms with Crippen LogP contribution in [0.4, 0.5) is 0 Å². The molecule has 1 saturated heterocycles. The lowest BCUT2D eigenvalue weighted by atomic mass is 10.1. The van der Waals surface area contributed by atoms with Gasteiger partial charge in [-0.3, -0.25) is 14.5 Å². The number of ether oxygens (including phenoxy) is 4. The summed E-state index contributed by atoms with van der Waals surface area (Å²) in [5.41, 5.74) is 0.990. The number of methoxy groups -OCH3 is 2. The second-order valence-electron chi connectivity index (χ2n) is 10.2. The van der Waals surface area contributed by atoms with Gasteiger partial charge in [-0.1, -0.05) is 17.7 Å². The largest absolute Gasteiger partial charge is 0.493 e. The van der Waals surface area contributed by atoms with Crippen molar-refractivity contribution in [1.29, 1.82) is 0 Å². The summed E-state index contributed by atoms with van der Waals surface area (Å²) in [4.78, 5) is 32.8. The highest BCUT2D eigenvalue weighted by Crippen LogP contribution is 2.28. The number of rotatable bonds is 16. The molecular weight excluding hydrogens is 574 g/mol. The summed E-state index contributed by atoms with van der Waals surface area (Å²) >= 11 is 5.97. The fourth-order valence-corrected chi connectivity index (χ4v) is 4.94. The Hall–Kier alpha value is -3.73. The van der Waals surface area contributed by atoms with Crippen LogP contribution in [0, 0.1) is 0 Å². The zero-order valence-electron chi connectivity index (χ0n) is 24.8. The number of furan rings is 1. The van der Waals surface area contributed by atoms with Gasteiger partial charge in [-0.05, 0) is 66.9 Å². The molecule has 0 saturated carbocycles. The Balaban J connectivity index is 1.43. The standard InChI is InChI=1S/C32H40ClN3O7/c1-39-29-11-6-25(21-30(29)40-2)12-15-36(22-28-5-3-18-42-28)31(37)23-35(14-4-13-34-16-19-41-20-17-34)32(38)24-43-27-9-7-26(33)8-10-27/h3,5-11,18,21H,4,12-17,19-20,22-24H2,1-2H3. The highest BCUT2D eigenvalue weighted by atomic mass is 35.5. The van der Waals surface area contributed by atoms with Crippen LogP contribution in [-0.2, 0) is 27.3 Å². The van der Waals surface area contributed by atoms with Crippen molar-refractivity contribution in [3.05, 3.63) is 77.2 Å². The third-order valence-corrected chi connectivity index (χ3v) is 7.51. The number of morpholine rings is 1. The number of halogens is 1. The third kappa shape index (κ3) is 10.2. The zero-order chi connectivity index (χ0) is 30.4. The van der Waals surface area contributed by atoms with Crippen LogP contribution >= 0.6 is 11.6 Å². The van der Waals surface area contributed by atoms with Crippen LogP contribution in [-0.4, -0.2) is 99.8 Å². The Bertz CT molecular complexity index is 1280. The normalized spacial score (nSPS) is 13.4. The van der Waals surface area contributed by atoms with Crippen LogP contribution in [0.2, 0.25) is 5.02 Å². The Morgan fingerprint density at radius 3 is 2.40 bits per heavy atom. The Labute approximate surface area is 258 Å². The van der Waals surface area contributed by atoms with Gasteiger partial charge in [0.2, 0.25) is 5.91 Å². The molecule has 0 radical (unpaired) electrons. The molecule has 3 aromatic rings. The number of nitrogens with zero attached hydrogens (tertiary/aromatic N) is 3. The SMILES string of the molecule is COc1ccc(CCN(Cc2ccco2)C(=O)CN(CCCN2CCOCC2)C(=O)COc2ccc(Cl)cc2)cc1OC. The van der Waals surface area contributed by atoms with Crippen molar-refractivity contribution in [2.75, 3.05) is 73.3 Å². The first-order chi connectivity index (χ1) is 20.9. The summed E-state index contributed by atoms with van der Waals surface area (Å²) in [6.07, 6.45) is 2.89. The van der Waals surface area contributed by atoms with Crippen molar-refractivity contribution in [2.24, 2.45) is 0 Å². The maximum Gasteiger partial charge on any atom is 0.260 e. The lowest BCUT2D eigenvalue weighted by molar-refractivity contribution is -0.142. The van der Waals surface area contributed by atoms with E-state index in [9.17, 15) is 9.59 Å². The van der Waals surface area contributed by atoms with Crippen molar-refractivity contribution < 1.29 is 33.0 Å². The minimum absolute atomic E-state index is 0.0709. The van der Waals surface area contributed by atoms with E-state index in [2.05, 4.69) is 4.90 Å². The fourth-order valence-electron chi connectivity index (χ4n) is 4.82. The molecule has 1 aromatic heterocycles. The lowest BCUT2D eigenvalue weighted by Gasteiger charge is -2.29. The van der Waals surface area contributed by atoms with Crippen LogP contribution in [0.1, 0.15) is 17.7 Å². The summed E-state index contributed by atoms with van der Waals surface area (Å²) in [5.74, 6) is 2.03. The van der Waals surface area contributed by atoms with Gasteiger partial charge >= 0.3 is 0 Å². The van der Waals surface area contributed by atoms with Gasteiger partial charge < -0.3 is 33.2 Å². The van der Waals surface area contributed by atoms with Gasteiger partial charge in [0.1, 0.15) is 11.5 Å². The molecule has 2 heterocycles. The molecule has 2 amide bonds. The second-order valence-corrected chi connectivity index (χ2v) is 10.6. The van der Waals surface area contributed by atoms with Gasteiger partial charge in [-0.2, -0.15) is 0 Å². The summed E-state index contributed by atoms with van der Waals surface area (Å²) < 4.78 is 27.5. The Kier molecular flexibility index (Phi) is 12.6. The van der Waals surface area contributed by atoms with Crippen LogP contribution in [0.15, 0.2) is 65.3 Å². The summed E-state index contributed by atoms with van der Waals surface area (Å²) in [5, 5.41) is 0.582.